The van der Waals surface area contributed by atoms with E-state index in [-0.39, 0.29) is 10.6 Å². The van der Waals surface area contributed by atoms with E-state index in [2.05, 4.69) is 38.1 Å². The van der Waals surface area contributed by atoms with Crippen molar-refractivity contribution in [2.75, 3.05) is 22.5 Å². The number of rotatable bonds is 8. The van der Waals surface area contributed by atoms with Crippen molar-refractivity contribution in [3.8, 4) is 0 Å². The van der Waals surface area contributed by atoms with E-state index in [4.69, 9.17) is 0 Å². The number of hydrogen-bond acceptors (Lipinski definition) is 7. The Balaban J connectivity index is 1.58. The van der Waals surface area contributed by atoms with Crippen LogP contribution in [-0.2, 0) is 6.54 Å². The van der Waals surface area contributed by atoms with E-state index in [1.807, 2.05) is 19.1 Å². The summed E-state index contributed by atoms with van der Waals surface area (Å²) in [5.74, 6) is 0.587. The van der Waals surface area contributed by atoms with Crippen molar-refractivity contribution in [2.45, 2.75) is 51.6 Å². The normalized spacial score (nSPS) is 14.4. The van der Waals surface area contributed by atoms with Crippen LogP contribution in [0.15, 0.2) is 42.7 Å². The van der Waals surface area contributed by atoms with Crippen LogP contribution < -0.4 is 16.0 Å². The first-order valence-corrected chi connectivity index (χ1v) is 10.9. The number of aromatic nitrogens is 2. The standard InChI is InChI=1S/C23H28N6O2/c1-2-24-21-13-20-18(12-22(21)29(30)31)23(27-15-26-20)25-14-16-8-6-7-11-19(16)28-17-9-4-3-5-10-17/h6-8,11-13,15,17,24,28H,2-5,9-10,14H2,1H3,(H,25,26,27). The molecule has 1 heterocycles. The van der Waals surface area contributed by atoms with Gasteiger partial charge in [-0.2, -0.15) is 0 Å². The molecule has 8 nitrogen and oxygen atoms in total. The average Bonchev–Trinajstić information content (AvgIpc) is 2.79. The summed E-state index contributed by atoms with van der Waals surface area (Å²) in [6.07, 6.45) is 7.77. The second-order valence-corrected chi connectivity index (χ2v) is 7.89. The topological polar surface area (TPSA) is 105 Å². The predicted molar refractivity (Wildman–Crippen MR) is 125 cm³/mol. The maximum absolute atomic E-state index is 11.6. The SMILES string of the molecule is CCNc1cc2ncnc(NCc3ccccc3NC3CCCCC3)c2cc1[N+](=O)[O-]. The molecule has 1 saturated carbocycles. The lowest BCUT2D eigenvalue weighted by molar-refractivity contribution is -0.383. The van der Waals surface area contributed by atoms with Crippen LogP contribution in [0.1, 0.15) is 44.6 Å². The molecular formula is C23H28N6O2. The first-order valence-electron chi connectivity index (χ1n) is 10.9. The fraction of sp³-hybridized carbons (Fsp3) is 0.391. The van der Waals surface area contributed by atoms with E-state index < -0.39 is 0 Å². The van der Waals surface area contributed by atoms with Crippen molar-refractivity contribution in [2.24, 2.45) is 0 Å². The Morgan fingerprint density at radius 2 is 1.87 bits per heavy atom. The highest BCUT2D eigenvalue weighted by molar-refractivity contribution is 5.94. The molecule has 0 radical (unpaired) electrons. The lowest BCUT2D eigenvalue weighted by Crippen LogP contribution is -2.23. The van der Waals surface area contributed by atoms with Gasteiger partial charge >= 0.3 is 0 Å². The molecule has 162 valence electrons. The summed E-state index contributed by atoms with van der Waals surface area (Å²) in [4.78, 5) is 19.9. The highest BCUT2D eigenvalue weighted by Gasteiger charge is 2.18. The molecule has 1 aliphatic carbocycles. The largest absolute Gasteiger partial charge is 0.382 e. The number of nitrogens with zero attached hydrogens (tertiary/aromatic N) is 3. The molecule has 0 bridgehead atoms. The maximum atomic E-state index is 11.6. The minimum atomic E-state index is -0.377. The number of anilines is 3. The van der Waals surface area contributed by atoms with Crippen molar-refractivity contribution in [1.82, 2.24) is 9.97 Å². The van der Waals surface area contributed by atoms with Crippen molar-refractivity contribution in [3.63, 3.8) is 0 Å². The quantitative estimate of drug-likeness (QED) is 0.334. The second-order valence-electron chi connectivity index (χ2n) is 7.89. The van der Waals surface area contributed by atoms with Crippen LogP contribution in [0.5, 0.6) is 0 Å². The number of nitro benzene ring substituents is 1. The van der Waals surface area contributed by atoms with Gasteiger partial charge in [0.1, 0.15) is 17.8 Å². The first-order chi connectivity index (χ1) is 15.2. The zero-order valence-corrected chi connectivity index (χ0v) is 17.7. The van der Waals surface area contributed by atoms with Gasteiger partial charge in [-0.25, -0.2) is 9.97 Å². The molecule has 1 aliphatic rings. The fourth-order valence-corrected chi connectivity index (χ4v) is 4.18. The molecule has 2 aromatic carbocycles. The molecule has 3 N–H and O–H groups in total. The van der Waals surface area contributed by atoms with Gasteiger partial charge in [-0.3, -0.25) is 10.1 Å². The minimum Gasteiger partial charge on any atom is -0.382 e. The summed E-state index contributed by atoms with van der Waals surface area (Å²) >= 11 is 0. The summed E-state index contributed by atoms with van der Waals surface area (Å²) in [5, 5.41) is 22.3. The number of benzene rings is 2. The third kappa shape index (κ3) is 4.84. The van der Waals surface area contributed by atoms with Gasteiger partial charge in [-0.05, 0) is 37.5 Å². The molecule has 31 heavy (non-hydrogen) atoms. The van der Waals surface area contributed by atoms with Crippen LogP contribution in [-0.4, -0.2) is 27.5 Å². The Hall–Kier alpha value is -3.42. The van der Waals surface area contributed by atoms with Crippen LogP contribution >= 0.6 is 0 Å². The molecule has 1 fully saturated rings. The van der Waals surface area contributed by atoms with E-state index in [0.29, 0.717) is 41.5 Å². The van der Waals surface area contributed by atoms with Crippen LogP contribution in [0.25, 0.3) is 10.9 Å². The Labute approximate surface area is 181 Å². The molecule has 1 aromatic heterocycles. The van der Waals surface area contributed by atoms with E-state index >= 15 is 0 Å². The van der Waals surface area contributed by atoms with Gasteiger partial charge in [-0.15, -0.1) is 0 Å². The van der Waals surface area contributed by atoms with Gasteiger partial charge in [0.15, 0.2) is 0 Å². The molecule has 0 atom stereocenters. The molecular weight excluding hydrogens is 392 g/mol. The van der Waals surface area contributed by atoms with E-state index in [0.717, 1.165) is 11.3 Å². The van der Waals surface area contributed by atoms with Crippen molar-refractivity contribution in [3.05, 3.63) is 58.4 Å². The molecule has 0 aliphatic heterocycles. The van der Waals surface area contributed by atoms with Gasteiger partial charge in [0.05, 0.1) is 10.4 Å². The molecule has 0 spiro atoms. The van der Waals surface area contributed by atoms with E-state index in [9.17, 15) is 10.1 Å². The average molecular weight is 421 g/mol. The van der Waals surface area contributed by atoms with Gasteiger partial charge in [0.25, 0.3) is 5.69 Å². The summed E-state index contributed by atoms with van der Waals surface area (Å²) in [6.45, 7) is 3.05. The third-order valence-electron chi connectivity index (χ3n) is 5.75. The van der Waals surface area contributed by atoms with Gasteiger partial charge < -0.3 is 16.0 Å². The summed E-state index contributed by atoms with van der Waals surface area (Å²) in [5.41, 5.74) is 3.41. The monoisotopic (exact) mass is 420 g/mol. The van der Waals surface area contributed by atoms with Crippen LogP contribution in [0.4, 0.5) is 22.9 Å². The van der Waals surface area contributed by atoms with Gasteiger partial charge in [0.2, 0.25) is 0 Å². The predicted octanol–water partition coefficient (Wildman–Crippen LogP) is 5.33. The summed E-state index contributed by atoms with van der Waals surface area (Å²) in [6, 6.07) is 12.0. The maximum Gasteiger partial charge on any atom is 0.293 e. The fourth-order valence-electron chi connectivity index (χ4n) is 4.18. The Kier molecular flexibility index (Phi) is 6.45. The number of hydrogen-bond donors (Lipinski definition) is 3. The lowest BCUT2D eigenvalue weighted by Gasteiger charge is -2.25. The Morgan fingerprint density at radius 3 is 2.65 bits per heavy atom. The second kappa shape index (κ2) is 9.59. The van der Waals surface area contributed by atoms with Crippen molar-refractivity contribution < 1.29 is 4.92 Å². The van der Waals surface area contributed by atoms with Crippen LogP contribution in [0.3, 0.4) is 0 Å². The molecule has 8 heteroatoms. The van der Waals surface area contributed by atoms with E-state index in [1.165, 1.54) is 38.4 Å². The lowest BCUT2D eigenvalue weighted by atomic mass is 9.95. The van der Waals surface area contributed by atoms with Crippen molar-refractivity contribution >= 4 is 33.8 Å². The molecule has 0 saturated heterocycles. The molecule has 0 amide bonds. The number of nitro groups is 1. The zero-order chi connectivity index (χ0) is 21.6. The third-order valence-corrected chi connectivity index (χ3v) is 5.75. The summed E-state index contributed by atoms with van der Waals surface area (Å²) in [7, 11) is 0. The smallest absolute Gasteiger partial charge is 0.293 e. The van der Waals surface area contributed by atoms with Gasteiger partial charge in [0, 0.05) is 36.3 Å². The first kappa shape index (κ1) is 20.8. The number of para-hydroxylation sites is 1. The zero-order valence-electron chi connectivity index (χ0n) is 17.7. The highest BCUT2D eigenvalue weighted by atomic mass is 16.6. The van der Waals surface area contributed by atoms with Gasteiger partial charge in [-0.1, -0.05) is 37.5 Å². The highest BCUT2D eigenvalue weighted by Crippen LogP contribution is 2.32. The minimum absolute atomic E-state index is 0.0200. The molecule has 4 rings (SSSR count). The number of fused-ring (bicyclic) bond motifs is 1. The molecule has 0 unspecified atom stereocenters. The Bertz CT molecular complexity index is 1070. The number of nitrogens with one attached hydrogen (secondary N) is 3. The van der Waals surface area contributed by atoms with Crippen LogP contribution in [0, 0.1) is 10.1 Å². The summed E-state index contributed by atoms with van der Waals surface area (Å²) < 4.78 is 0. The van der Waals surface area contributed by atoms with Crippen LogP contribution in [0.2, 0.25) is 0 Å². The van der Waals surface area contributed by atoms with Crippen molar-refractivity contribution in [1.29, 1.82) is 0 Å². The Morgan fingerprint density at radius 1 is 1.06 bits per heavy atom. The van der Waals surface area contributed by atoms with E-state index in [1.54, 1.807) is 12.1 Å². The molecule has 3 aromatic rings.